The minimum absolute atomic E-state index is 0.243. The molecule has 0 fully saturated rings. The molecule has 0 aromatic heterocycles. The Morgan fingerprint density at radius 3 is 1.68 bits per heavy atom. The monoisotopic (exact) mass is 288 g/mol. The topological polar surface area (TPSA) is 9.23 Å². The highest BCUT2D eigenvalue weighted by molar-refractivity contribution is 5.44. The van der Waals surface area contributed by atoms with Crippen LogP contribution in [0.1, 0.15) is 28.2 Å². The number of hydrogen-bond donors (Lipinski definition) is 0. The fourth-order valence-corrected chi connectivity index (χ4v) is 2.78. The van der Waals surface area contributed by atoms with Crippen molar-refractivity contribution in [1.82, 2.24) is 0 Å². The maximum Gasteiger partial charge on any atom is 0.118 e. The van der Waals surface area contributed by atoms with Crippen LogP contribution in [0.15, 0.2) is 78.9 Å². The minimum Gasteiger partial charge on any atom is -0.497 e. The number of rotatable bonds is 4. The highest BCUT2D eigenvalue weighted by Gasteiger charge is 2.16. The standard InChI is InChI=1S/C21H20O/c1-16-8-10-18(11-9-16)21(17-6-4-3-5-7-17)19-12-14-20(22-2)15-13-19/h3-15,21H,1-2H3. The predicted octanol–water partition coefficient (Wildman–Crippen LogP) is 5.18. The Hall–Kier alpha value is -2.54. The van der Waals surface area contributed by atoms with Crippen molar-refractivity contribution in [3.05, 3.63) is 101 Å². The summed E-state index contributed by atoms with van der Waals surface area (Å²) >= 11 is 0. The van der Waals surface area contributed by atoms with Gasteiger partial charge < -0.3 is 4.74 Å². The summed E-state index contributed by atoms with van der Waals surface area (Å²) in [5.74, 6) is 1.13. The minimum atomic E-state index is 0.243. The van der Waals surface area contributed by atoms with Gasteiger partial charge in [-0.1, -0.05) is 72.3 Å². The van der Waals surface area contributed by atoms with Gasteiger partial charge in [0.25, 0.3) is 0 Å². The zero-order valence-corrected chi connectivity index (χ0v) is 13.0. The van der Waals surface area contributed by atoms with Crippen LogP contribution in [-0.4, -0.2) is 7.11 Å². The molecule has 1 atom stereocenters. The largest absolute Gasteiger partial charge is 0.497 e. The first kappa shape index (κ1) is 14.4. The highest BCUT2D eigenvalue weighted by atomic mass is 16.5. The second kappa shape index (κ2) is 6.48. The second-order valence-electron chi connectivity index (χ2n) is 5.53. The summed E-state index contributed by atoms with van der Waals surface area (Å²) in [5, 5.41) is 0. The third-order valence-electron chi connectivity index (χ3n) is 3.99. The summed E-state index contributed by atoms with van der Waals surface area (Å²) in [5.41, 5.74) is 5.17. The lowest BCUT2D eigenvalue weighted by Crippen LogP contribution is -2.03. The van der Waals surface area contributed by atoms with E-state index in [2.05, 4.69) is 73.7 Å². The lowest BCUT2D eigenvalue weighted by Gasteiger charge is -2.19. The van der Waals surface area contributed by atoms with Crippen LogP contribution in [0.3, 0.4) is 0 Å². The molecule has 0 heterocycles. The average molecular weight is 288 g/mol. The maximum atomic E-state index is 5.28. The molecule has 0 saturated carbocycles. The van der Waals surface area contributed by atoms with Crippen LogP contribution in [0.4, 0.5) is 0 Å². The van der Waals surface area contributed by atoms with Crippen molar-refractivity contribution in [3.63, 3.8) is 0 Å². The molecule has 0 spiro atoms. The molecule has 3 aromatic rings. The molecule has 3 aromatic carbocycles. The zero-order chi connectivity index (χ0) is 15.4. The summed E-state index contributed by atoms with van der Waals surface area (Å²) in [6, 6.07) is 27.8. The van der Waals surface area contributed by atoms with E-state index < -0.39 is 0 Å². The summed E-state index contributed by atoms with van der Waals surface area (Å²) < 4.78 is 5.28. The van der Waals surface area contributed by atoms with Crippen LogP contribution < -0.4 is 4.74 Å². The molecule has 1 unspecified atom stereocenters. The lowest BCUT2D eigenvalue weighted by atomic mass is 9.85. The molecule has 0 bridgehead atoms. The van der Waals surface area contributed by atoms with E-state index >= 15 is 0 Å². The molecule has 1 heteroatoms. The molecule has 110 valence electrons. The van der Waals surface area contributed by atoms with E-state index in [0.717, 1.165) is 5.75 Å². The number of methoxy groups -OCH3 is 1. The van der Waals surface area contributed by atoms with Crippen molar-refractivity contribution in [2.24, 2.45) is 0 Å². The van der Waals surface area contributed by atoms with Crippen molar-refractivity contribution in [2.75, 3.05) is 7.11 Å². The van der Waals surface area contributed by atoms with Crippen molar-refractivity contribution < 1.29 is 4.74 Å². The predicted molar refractivity (Wildman–Crippen MR) is 91.6 cm³/mol. The van der Waals surface area contributed by atoms with Crippen molar-refractivity contribution in [3.8, 4) is 5.75 Å². The maximum absolute atomic E-state index is 5.28. The Balaban J connectivity index is 2.07. The molecule has 1 nitrogen and oxygen atoms in total. The third-order valence-corrected chi connectivity index (χ3v) is 3.99. The molecule has 0 N–H and O–H groups in total. The Kier molecular flexibility index (Phi) is 4.24. The van der Waals surface area contributed by atoms with Gasteiger partial charge in [-0.05, 0) is 35.7 Å². The Labute approximate surface area is 132 Å². The van der Waals surface area contributed by atoms with E-state index in [1.54, 1.807) is 7.11 Å². The van der Waals surface area contributed by atoms with E-state index in [1.165, 1.54) is 22.3 Å². The third kappa shape index (κ3) is 3.04. The summed E-state index contributed by atoms with van der Waals surface area (Å²) in [6.45, 7) is 2.12. The molecule has 0 aliphatic heterocycles. The normalized spacial score (nSPS) is 11.9. The van der Waals surface area contributed by atoms with E-state index in [9.17, 15) is 0 Å². The summed E-state index contributed by atoms with van der Waals surface area (Å²) in [4.78, 5) is 0. The molecule has 0 amide bonds. The molecule has 0 radical (unpaired) electrons. The van der Waals surface area contributed by atoms with E-state index in [1.807, 2.05) is 12.1 Å². The molecular formula is C21H20O. The van der Waals surface area contributed by atoms with Gasteiger partial charge in [-0.2, -0.15) is 0 Å². The summed E-state index contributed by atoms with van der Waals surface area (Å²) in [7, 11) is 1.70. The quantitative estimate of drug-likeness (QED) is 0.601. The van der Waals surface area contributed by atoms with Gasteiger partial charge in [0.2, 0.25) is 0 Å². The van der Waals surface area contributed by atoms with Gasteiger partial charge in [0.1, 0.15) is 5.75 Å². The smallest absolute Gasteiger partial charge is 0.118 e. The van der Waals surface area contributed by atoms with Gasteiger partial charge >= 0.3 is 0 Å². The Bertz CT molecular complexity index is 712. The first-order valence-electron chi connectivity index (χ1n) is 7.53. The highest BCUT2D eigenvalue weighted by Crippen LogP contribution is 2.32. The second-order valence-corrected chi connectivity index (χ2v) is 5.53. The van der Waals surface area contributed by atoms with Crippen molar-refractivity contribution in [1.29, 1.82) is 0 Å². The number of hydrogen-bond acceptors (Lipinski definition) is 1. The fraction of sp³-hybridized carbons (Fsp3) is 0.143. The van der Waals surface area contributed by atoms with Crippen LogP contribution in [0, 0.1) is 6.92 Å². The first-order valence-corrected chi connectivity index (χ1v) is 7.53. The molecule has 0 aliphatic rings. The van der Waals surface area contributed by atoms with Gasteiger partial charge in [-0.3, -0.25) is 0 Å². The first-order chi connectivity index (χ1) is 10.8. The number of ether oxygens (including phenoxy) is 1. The fourth-order valence-electron chi connectivity index (χ4n) is 2.78. The van der Waals surface area contributed by atoms with Crippen LogP contribution in [0.5, 0.6) is 5.75 Å². The average Bonchev–Trinajstić information content (AvgIpc) is 2.58. The molecule has 3 rings (SSSR count). The molecular weight excluding hydrogens is 268 g/mol. The van der Waals surface area contributed by atoms with Crippen LogP contribution >= 0.6 is 0 Å². The van der Waals surface area contributed by atoms with Crippen LogP contribution in [0.2, 0.25) is 0 Å². The van der Waals surface area contributed by atoms with Crippen molar-refractivity contribution >= 4 is 0 Å². The van der Waals surface area contributed by atoms with E-state index in [-0.39, 0.29) is 5.92 Å². The number of benzene rings is 3. The number of aryl methyl sites for hydroxylation is 1. The van der Waals surface area contributed by atoms with Crippen LogP contribution in [0.25, 0.3) is 0 Å². The molecule has 0 saturated heterocycles. The lowest BCUT2D eigenvalue weighted by molar-refractivity contribution is 0.414. The zero-order valence-electron chi connectivity index (χ0n) is 13.0. The van der Waals surface area contributed by atoms with E-state index in [0.29, 0.717) is 0 Å². The SMILES string of the molecule is COc1ccc(C(c2ccccc2)c2ccc(C)cc2)cc1. The van der Waals surface area contributed by atoms with Gasteiger partial charge in [0.15, 0.2) is 0 Å². The van der Waals surface area contributed by atoms with Crippen molar-refractivity contribution in [2.45, 2.75) is 12.8 Å². The Morgan fingerprint density at radius 2 is 1.14 bits per heavy atom. The molecule has 0 aliphatic carbocycles. The summed E-state index contributed by atoms with van der Waals surface area (Å²) in [6.07, 6.45) is 0. The van der Waals surface area contributed by atoms with Gasteiger partial charge in [0, 0.05) is 5.92 Å². The molecule has 22 heavy (non-hydrogen) atoms. The van der Waals surface area contributed by atoms with Gasteiger partial charge in [0.05, 0.1) is 7.11 Å². The van der Waals surface area contributed by atoms with Gasteiger partial charge in [-0.25, -0.2) is 0 Å². The van der Waals surface area contributed by atoms with Crippen LogP contribution in [-0.2, 0) is 0 Å². The Morgan fingerprint density at radius 1 is 0.636 bits per heavy atom. The van der Waals surface area contributed by atoms with Gasteiger partial charge in [-0.15, -0.1) is 0 Å². The van der Waals surface area contributed by atoms with E-state index in [4.69, 9.17) is 4.74 Å².